The number of hydrogen-bond acceptors (Lipinski definition) is 8. The number of amides is 2. The normalized spacial score (nSPS) is 19.0. The maximum atomic E-state index is 13.4. The van der Waals surface area contributed by atoms with Gasteiger partial charge in [0.1, 0.15) is 11.9 Å². The number of aliphatic hydroxyl groups is 1. The molecule has 40 heavy (non-hydrogen) atoms. The van der Waals surface area contributed by atoms with Crippen molar-refractivity contribution in [3.05, 3.63) is 36.3 Å². The molecule has 0 spiro atoms. The Balaban J connectivity index is 1.89. The Labute approximate surface area is 237 Å². The van der Waals surface area contributed by atoms with Crippen LogP contribution in [0, 0.1) is 5.92 Å². The van der Waals surface area contributed by atoms with Crippen molar-refractivity contribution in [2.24, 2.45) is 13.0 Å². The molecule has 0 saturated carbocycles. The fraction of sp³-hybridized carbons (Fsp3) is 0.593. The van der Waals surface area contributed by atoms with Gasteiger partial charge in [0, 0.05) is 50.4 Å². The molecule has 0 fully saturated rings. The molecular formula is C27H42N6O6S. The second kappa shape index (κ2) is 13.6. The van der Waals surface area contributed by atoms with E-state index in [2.05, 4.69) is 10.3 Å². The lowest BCUT2D eigenvalue weighted by Crippen LogP contribution is -2.48. The number of nitrogens with zero attached hydrogens (tertiary/aromatic N) is 5. The number of nitrogens with one attached hydrogen (secondary N) is 1. The number of imidazole rings is 1. The zero-order valence-corrected chi connectivity index (χ0v) is 25.0. The number of carbonyl (C=O) groups is 2. The van der Waals surface area contributed by atoms with Crippen LogP contribution in [0.25, 0.3) is 0 Å². The summed E-state index contributed by atoms with van der Waals surface area (Å²) in [5.41, 5.74) is 1.12. The zero-order chi connectivity index (χ0) is 29.6. The zero-order valence-electron chi connectivity index (χ0n) is 24.2. The Morgan fingerprint density at radius 1 is 1.30 bits per heavy atom. The van der Waals surface area contributed by atoms with Crippen molar-refractivity contribution in [2.45, 2.75) is 50.3 Å². The van der Waals surface area contributed by atoms with Crippen LogP contribution in [0.5, 0.6) is 5.75 Å². The van der Waals surface area contributed by atoms with E-state index in [9.17, 15) is 23.1 Å². The number of benzene rings is 1. The van der Waals surface area contributed by atoms with Crippen LogP contribution in [0.15, 0.2) is 35.7 Å². The molecule has 0 unspecified atom stereocenters. The minimum atomic E-state index is -3.88. The van der Waals surface area contributed by atoms with Crippen molar-refractivity contribution in [1.29, 1.82) is 0 Å². The molecule has 0 saturated heterocycles. The highest BCUT2D eigenvalue weighted by molar-refractivity contribution is 7.89. The molecule has 2 aromatic rings. The van der Waals surface area contributed by atoms with E-state index >= 15 is 0 Å². The minimum absolute atomic E-state index is 0.00548. The lowest BCUT2D eigenvalue weighted by atomic mass is 10.0. The number of aliphatic hydroxyl groups excluding tert-OH is 1. The molecule has 222 valence electrons. The maximum absolute atomic E-state index is 13.4. The van der Waals surface area contributed by atoms with E-state index in [1.54, 1.807) is 41.6 Å². The first kappa shape index (κ1) is 31.5. The second-order valence-electron chi connectivity index (χ2n) is 10.8. The van der Waals surface area contributed by atoms with Gasteiger partial charge >= 0.3 is 0 Å². The van der Waals surface area contributed by atoms with Crippen LogP contribution >= 0.6 is 0 Å². The Morgan fingerprint density at radius 2 is 2.02 bits per heavy atom. The molecule has 3 rings (SSSR count). The molecule has 2 N–H and O–H groups in total. The van der Waals surface area contributed by atoms with Crippen LogP contribution in [-0.4, -0.2) is 109 Å². The highest BCUT2D eigenvalue weighted by Gasteiger charge is 2.34. The number of anilines is 1. The topological polar surface area (TPSA) is 137 Å². The summed E-state index contributed by atoms with van der Waals surface area (Å²) >= 11 is 0. The lowest BCUT2D eigenvalue weighted by molar-refractivity contribution is -0.134. The summed E-state index contributed by atoms with van der Waals surface area (Å²) in [5.74, 6) is -0.150. The fourth-order valence-corrected chi connectivity index (χ4v) is 5.68. The van der Waals surface area contributed by atoms with Crippen molar-refractivity contribution in [2.75, 3.05) is 52.7 Å². The molecule has 12 nitrogen and oxygen atoms in total. The lowest BCUT2D eigenvalue weighted by Gasteiger charge is -2.33. The average Bonchev–Trinajstić information content (AvgIpc) is 3.34. The molecule has 0 radical (unpaired) electrons. The van der Waals surface area contributed by atoms with Gasteiger partial charge in [0.05, 0.1) is 31.9 Å². The monoisotopic (exact) mass is 578 g/mol. The molecule has 13 heteroatoms. The van der Waals surface area contributed by atoms with Crippen LogP contribution in [0.3, 0.4) is 0 Å². The van der Waals surface area contributed by atoms with E-state index in [-0.39, 0.29) is 48.9 Å². The van der Waals surface area contributed by atoms with Gasteiger partial charge in [0.15, 0.2) is 5.03 Å². The molecule has 0 bridgehead atoms. The van der Waals surface area contributed by atoms with Crippen LogP contribution in [0.2, 0.25) is 0 Å². The number of fused-ring (bicyclic) bond motifs is 1. The van der Waals surface area contributed by atoms with Gasteiger partial charge in [-0.15, -0.1) is 0 Å². The standard InChI is InChI=1S/C27H42N6O6S/c1-19-14-33(20(2)17-34)27(36)13-21-12-22(29-25(35)8-7-11-30(3)4)9-10-23(21)39-24(19)15-32(6)40(37,38)26-16-31(5)18-28-26/h9-10,12,16,18-20,24,34H,7-8,11,13-15,17H2,1-6H3,(H,29,35)/t19-,20+,24-/m0/s1. The Bertz CT molecular complexity index is 1280. The molecule has 3 atom stereocenters. The second-order valence-corrected chi connectivity index (χ2v) is 12.8. The highest BCUT2D eigenvalue weighted by Crippen LogP contribution is 2.30. The fourth-order valence-electron chi connectivity index (χ4n) is 4.54. The van der Waals surface area contributed by atoms with Crippen molar-refractivity contribution < 1.29 is 27.9 Å². The van der Waals surface area contributed by atoms with Crippen molar-refractivity contribution in [3.8, 4) is 5.75 Å². The van der Waals surface area contributed by atoms with Gasteiger partial charge in [-0.2, -0.15) is 4.31 Å². The maximum Gasteiger partial charge on any atom is 0.261 e. The van der Waals surface area contributed by atoms with Crippen LogP contribution in [0.1, 0.15) is 32.3 Å². The van der Waals surface area contributed by atoms with Gasteiger partial charge in [-0.05, 0) is 52.2 Å². The summed E-state index contributed by atoms with van der Waals surface area (Å²) in [6.07, 6.45) is 3.33. The van der Waals surface area contributed by atoms with E-state index < -0.39 is 22.2 Å². The Morgan fingerprint density at radius 3 is 2.65 bits per heavy atom. The van der Waals surface area contributed by atoms with Crippen molar-refractivity contribution in [3.63, 3.8) is 0 Å². The third-order valence-electron chi connectivity index (χ3n) is 7.00. The first-order valence-corrected chi connectivity index (χ1v) is 14.8. The van der Waals surface area contributed by atoms with Gasteiger partial charge in [-0.1, -0.05) is 6.92 Å². The predicted octanol–water partition coefficient (Wildman–Crippen LogP) is 1.17. The number of aryl methyl sites for hydroxylation is 1. The number of aromatic nitrogens is 2. The number of likely N-dealkylation sites (N-methyl/N-ethyl adjacent to an activating group) is 1. The van der Waals surface area contributed by atoms with Gasteiger partial charge in [0.25, 0.3) is 10.0 Å². The van der Waals surface area contributed by atoms with E-state index in [4.69, 9.17) is 4.74 Å². The van der Waals surface area contributed by atoms with Gasteiger partial charge < -0.3 is 29.5 Å². The molecule has 1 aromatic heterocycles. The quantitative estimate of drug-likeness (QED) is 0.406. The number of carbonyl (C=O) groups excluding carboxylic acids is 2. The first-order chi connectivity index (χ1) is 18.8. The third-order valence-corrected chi connectivity index (χ3v) is 8.71. The SMILES string of the molecule is C[C@H](CO)N1C[C@H](C)[C@H](CN(C)S(=O)(=O)c2cn(C)cn2)Oc2ccc(NC(=O)CCCN(C)C)cc2CC1=O. The van der Waals surface area contributed by atoms with Crippen LogP contribution in [0.4, 0.5) is 5.69 Å². The van der Waals surface area contributed by atoms with E-state index in [1.807, 2.05) is 25.9 Å². The largest absolute Gasteiger partial charge is 0.488 e. The number of sulfonamides is 1. The van der Waals surface area contributed by atoms with Gasteiger partial charge in [-0.25, -0.2) is 13.4 Å². The van der Waals surface area contributed by atoms with E-state index in [1.165, 1.54) is 23.9 Å². The minimum Gasteiger partial charge on any atom is -0.488 e. The molecule has 0 aliphatic carbocycles. The summed E-state index contributed by atoms with van der Waals surface area (Å²) in [4.78, 5) is 33.5. The predicted molar refractivity (Wildman–Crippen MR) is 151 cm³/mol. The first-order valence-electron chi connectivity index (χ1n) is 13.4. The van der Waals surface area contributed by atoms with Gasteiger partial charge in [-0.3, -0.25) is 9.59 Å². The summed E-state index contributed by atoms with van der Waals surface area (Å²) < 4.78 is 35.5. The van der Waals surface area contributed by atoms with E-state index in [0.29, 0.717) is 29.8 Å². The summed E-state index contributed by atoms with van der Waals surface area (Å²) in [6.45, 7) is 4.52. The molecule has 1 aliphatic rings. The highest BCUT2D eigenvalue weighted by atomic mass is 32.2. The van der Waals surface area contributed by atoms with Crippen molar-refractivity contribution in [1.82, 2.24) is 23.7 Å². The molecule has 1 aromatic carbocycles. The van der Waals surface area contributed by atoms with Crippen LogP contribution < -0.4 is 10.1 Å². The number of hydrogen-bond donors (Lipinski definition) is 2. The number of rotatable bonds is 11. The third kappa shape index (κ3) is 8.03. The average molecular weight is 579 g/mol. The molecular weight excluding hydrogens is 536 g/mol. The molecule has 2 heterocycles. The van der Waals surface area contributed by atoms with Crippen LogP contribution in [-0.2, 0) is 33.1 Å². The summed E-state index contributed by atoms with van der Waals surface area (Å²) in [7, 11) is 3.20. The van der Waals surface area contributed by atoms with Gasteiger partial charge in [0.2, 0.25) is 11.8 Å². The van der Waals surface area contributed by atoms with Crippen molar-refractivity contribution >= 4 is 27.5 Å². The van der Waals surface area contributed by atoms with E-state index in [0.717, 1.165) is 6.54 Å². The summed E-state index contributed by atoms with van der Waals surface area (Å²) in [5, 5.41) is 12.7. The summed E-state index contributed by atoms with van der Waals surface area (Å²) in [6, 6.07) is 4.71. The molecule has 2 amide bonds. The molecule has 1 aliphatic heterocycles. The smallest absolute Gasteiger partial charge is 0.261 e. The Kier molecular flexibility index (Phi) is 10.7. The number of ether oxygens (including phenoxy) is 1. The Hall–Kier alpha value is -3.00.